The number of likely N-dealkylation sites (tertiary alicyclic amines) is 1. The zero-order valence-electron chi connectivity index (χ0n) is 50.6. The Kier molecular flexibility index (Phi) is 23.3. The van der Waals surface area contributed by atoms with Crippen molar-refractivity contribution in [3.8, 4) is 0 Å². The molecule has 0 aromatic rings. The molecule has 22 nitrogen and oxygen atoms in total. The number of esters is 1. The van der Waals surface area contributed by atoms with Gasteiger partial charge in [-0.2, -0.15) is 0 Å². The fourth-order valence-electron chi connectivity index (χ4n) is 12.1. The van der Waals surface area contributed by atoms with Crippen LogP contribution in [-0.2, 0) is 57.5 Å². The molecule has 4 aliphatic heterocycles. The summed E-state index contributed by atoms with van der Waals surface area (Å²) in [5, 5.41) is 8.49. The summed E-state index contributed by atoms with van der Waals surface area (Å²) >= 11 is 0. The lowest BCUT2D eigenvalue weighted by atomic mass is 9.94. The van der Waals surface area contributed by atoms with Crippen LogP contribution in [-0.4, -0.2) is 214 Å². The van der Waals surface area contributed by atoms with E-state index in [1.54, 1.807) is 41.5 Å². The second-order valence-electron chi connectivity index (χ2n) is 24.2. The van der Waals surface area contributed by atoms with Crippen LogP contribution in [0.25, 0.3) is 0 Å². The third kappa shape index (κ3) is 14.8. The second kappa shape index (κ2) is 28.0. The first kappa shape index (κ1) is 65.7. The Labute approximate surface area is 469 Å². The van der Waals surface area contributed by atoms with E-state index in [4.69, 9.17) is 4.74 Å². The van der Waals surface area contributed by atoms with Gasteiger partial charge in [-0.05, 0) is 74.0 Å². The number of hydrogen-bond acceptors (Lipinski definition) is 12. The molecule has 3 N–H and O–H groups in total. The molecule has 4 aliphatic rings. The Morgan fingerprint density at radius 3 is 1.75 bits per heavy atom. The average molecular weight is 1110 g/mol. The van der Waals surface area contributed by atoms with E-state index in [2.05, 4.69) is 16.0 Å². The van der Waals surface area contributed by atoms with Crippen LogP contribution < -0.4 is 16.0 Å². The minimum atomic E-state index is -1.63. The summed E-state index contributed by atoms with van der Waals surface area (Å²) in [6.45, 7) is 24.5. The van der Waals surface area contributed by atoms with Gasteiger partial charge in [0.25, 0.3) is 0 Å². The van der Waals surface area contributed by atoms with Crippen molar-refractivity contribution in [1.82, 2.24) is 50.2 Å². The van der Waals surface area contributed by atoms with Crippen LogP contribution >= 0.6 is 0 Å². The Morgan fingerprint density at radius 2 is 1.20 bits per heavy atom. The lowest BCUT2D eigenvalue weighted by molar-refractivity contribution is -0.160. The summed E-state index contributed by atoms with van der Waals surface area (Å²) in [5.74, 6) is -9.18. The van der Waals surface area contributed by atoms with Gasteiger partial charge in [0.05, 0.1) is 0 Å². The van der Waals surface area contributed by atoms with Gasteiger partial charge in [0.1, 0.15) is 67.0 Å². The molecular formula is C57H96N10O12. The highest BCUT2D eigenvalue weighted by molar-refractivity contribution is 5.99. The topological polar surface area (TPSA) is 256 Å². The van der Waals surface area contributed by atoms with Gasteiger partial charge >= 0.3 is 5.97 Å². The summed E-state index contributed by atoms with van der Waals surface area (Å²) in [6, 6.07) is -10.2. The average Bonchev–Trinajstić information content (AvgIpc) is 4.21. The van der Waals surface area contributed by atoms with Crippen LogP contribution in [0.1, 0.15) is 142 Å². The molecule has 4 rings (SSSR count). The molecule has 2 unspecified atom stereocenters. The maximum absolute atomic E-state index is 15.2. The molecule has 10 amide bonds. The molecule has 0 aromatic heterocycles. The molecule has 0 aliphatic carbocycles. The van der Waals surface area contributed by atoms with E-state index >= 15 is 14.4 Å². The molecule has 79 heavy (non-hydrogen) atoms. The van der Waals surface area contributed by atoms with Crippen molar-refractivity contribution in [2.75, 3.05) is 54.4 Å². The SMILES string of the molecule is CC[C@H](C)C1NC(=O)[C@@H]2C[C@H](C)CN2C(=O)[C@H]([C@@H](C)CC)NC(=O)C(N(C)C(=O)[C@H]2C[C@@H](C)CN2C(=O)[C@H](C(C)C)N(C)C(C)=O)[C@@H](C)OC(=O)CNC(=O)[C@@H]([C@@H](C)CC)N(C)C(=O)[C@@H]2CCCN2C(=O)[C@@H](C(C)C)N(C)C1=O. The quantitative estimate of drug-likeness (QED) is 0.238. The highest BCUT2D eigenvalue weighted by Gasteiger charge is 2.50. The molecule has 4 saturated heterocycles. The van der Waals surface area contributed by atoms with Gasteiger partial charge < -0.3 is 55.0 Å². The first-order valence-electron chi connectivity index (χ1n) is 28.9. The molecule has 15 atom stereocenters. The van der Waals surface area contributed by atoms with E-state index in [1.807, 2.05) is 41.5 Å². The van der Waals surface area contributed by atoms with E-state index in [0.29, 0.717) is 32.1 Å². The number of amides is 10. The van der Waals surface area contributed by atoms with Crippen LogP contribution in [0.2, 0.25) is 0 Å². The second-order valence-corrected chi connectivity index (χ2v) is 24.2. The minimum Gasteiger partial charge on any atom is -0.459 e. The molecular weight excluding hydrogens is 1020 g/mol. The van der Waals surface area contributed by atoms with Gasteiger partial charge in [-0.3, -0.25) is 52.7 Å². The number of carbonyl (C=O) groups is 11. The number of rotatable bonds is 12. The molecule has 0 aromatic carbocycles. The number of carbonyl (C=O) groups excluding carboxylic acids is 11. The van der Waals surface area contributed by atoms with E-state index in [9.17, 15) is 38.4 Å². The van der Waals surface area contributed by atoms with E-state index in [1.165, 1.54) is 71.4 Å². The van der Waals surface area contributed by atoms with Crippen molar-refractivity contribution < 1.29 is 57.5 Å². The number of fused-ring (bicyclic) bond motifs is 2. The van der Waals surface area contributed by atoms with Crippen LogP contribution in [0, 0.1) is 41.4 Å². The lowest BCUT2D eigenvalue weighted by Gasteiger charge is -2.39. The number of hydrogen-bond donors (Lipinski definition) is 3. The third-order valence-electron chi connectivity index (χ3n) is 17.4. The third-order valence-corrected chi connectivity index (χ3v) is 17.4. The van der Waals surface area contributed by atoms with Crippen LogP contribution in [0.3, 0.4) is 0 Å². The Bertz CT molecular complexity index is 2260. The van der Waals surface area contributed by atoms with Gasteiger partial charge in [-0.25, -0.2) is 0 Å². The van der Waals surface area contributed by atoms with Gasteiger partial charge in [0.15, 0.2) is 0 Å². The standard InChI is InChI=1S/C57H96N10O12/c1-19-34(10)43-54(75)62(16)46(31(6)7)56(77)65-24-22-23-39(65)52(73)63(17)47(36(12)21-3)50(71)58-27-42(69)79-37(13)48(51(72)60-44(35(11)20-2)55(76)66-28-32(8)25-40(66)49(70)59-43)64(18)53(74)41-26-33(9)29-67(41)57(78)45(30(4)5)61(15)38(14)68/h30-37,39-41,43-48H,19-29H2,1-18H3,(H,58,71)(H,59,70)(H,60,72)/t32-,33+,34-,35-,36-,37+,39-,40-,41+,43?,44-,45-,46+,47+,48?/m0/s1. The van der Waals surface area contributed by atoms with Crippen molar-refractivity contribution in [2.24, 2.45) is 41.4 Å². The molecule has 22 heteroatoms. The molecule has 0 bridgehead atoms. The van der Waals surface area contributed by atoms with Gasteiger partial charge in [-0.1, -0.05) is 102 Å². The smallest absolute Gasteiger partial charge is 0.325 e. The molecule has 4 heterocycles. The predicted octanol–water partition coefficient (Wildman–Crippen LogP) is 2.26. The largest absolute Gasteiger partial charge is 0.459 e. The Hall–Kier alpha value is -5.83. The zero-order valence-corrected chi connectivity index (χ0v) is 50.6. The Morgan fingerprint density at radius 1 is 0.658 bits per heavy atom. The molecule has 0 radical (unpaired) electrons. The van der Waals surface area contributed by atoms with E-state index in [-0.39, 0.29) is 56.1 Å². The van der Waals surface area contributed by atoms with Crippen LogP contribution in [0.15, 0.2) is 0 Å². The molecule has 4 fully saturated rings. The number of likely N-dealkylation sites (N-methyl/N-ethyl adjacent to an activating group) is 4. The first-order chi connectivity index (χ1) is 36.9. The van der Waals surface area contributed by atoms with Crippen LogP contribution in [0.5, 0.6) is 0 Å². The molecule has 0 saturated carbocycles. The summed E-state index contributed by atoms with van der Waals surface area (Å²) in [5.41, 5.74) is 0. The van der Waals surface area contributed by atoms with Crippen LogP contribution in [0.4, 0.5) is 0 Å². The maximum atomic E-state index is 15.2. The minimum absolute atomic E-state index is 0.135. The van der Waals surface area contributed by atoms with E-state index < -0.39 is 150 Å². The molecule has 446 valence electrons. The predicted molar refractivity (Wildman–Crippen MR) is 296 cm³/mol. The van der Waals surface area contributed by atoms with Crippen molar-refractivity contribution >= 4 is 65.0 Å². The fourth-order valence-corrected chi connectivity index (χ4v) is 12.1. The first-order valence-corrected chi connectivity index (χ1v) is 28.9. The molecule has 0 spiro atoms. The number of nitrogens with one attached hydrogen (secondary N) is 3. The zero-order chi connectivity index (χ0) is 59.8. The summed E-state index contributed by atoms with van der Waals surface area (Å²) in [6.07, 6.45) is 1.08. The number of nitrogens with zero attached hydrogens (tertiary/aromatic N) is 7. The Balaban J connectivity index is 1.88. The highest BCUT2D eigenvalue weighted by Crippen LogP contribution is 2.31. The number of ether oxygens (including phenoxy) is 1. The number of cyclic esters (lactones) is 1. The monoisotopic (exact) mass is 1110 g/mol. The lowest BCUT2D eigenvalue weighted by Crippen LogP contribution is -2.63. The normalized spacial score (nSPS) is 30.2. The van der Waals surface area contributed by atoms with Crippen molar-refractivity contribution in [3.63, 3.8) is 0 Å². The summed E-state index contributed by atoms with van der Waals surface area (Å²) in [4.78, 5) is 169. The van der Waals surface area contributed by atoms with Crippen molar-refractivity contribution in [2.45, 2.75) is 202 Å². The fraction of sp³-hybridized carbons (Fsp3) is 0.807. The summed E-state index contributed by atoms with van der Waals surface area (Å²) in [7, 11) is 5.87. The van der Waals surface area contributed by atoms with Gasteiger partial charge in [0.2, 0.25) is 59.1 Å². The maximum Gasteiger partial charge on any atom is 0.325 e. The summed E-state index contributed by atoms with van der Waals surface area (Å²) < 4.78 is 5.92. The van der Waals surface area contributed by atoms with Crippen molar-refractivity contribution in [1.29, 1.82) is 0 Å². The van der Waals surface area contributed by atoms with Gasteiger partial charge in [-0.15, -0.1) is 0 Å². The van der Waals surface area contributed by atoms with Gasteiger partial charge in [0, 0.05) is 54.7 Å². The highest BCUT2D eigenvalue weighted by atomic mass is 16.5. The van der Waals surface area contributed by atoms with Crippen molar-refractivity contribution in [3.05, 3.63) is 0 Å². The van der Waals surface area contributed by atoms with E-state index in [0.717, 1.165) is 4.90 Å².